The molecule has 4 aromatic rings. The molecule has 1 aliphatic carbocycles. The summed E-state index contributed by atoms with van der Waals surface area (Å²) in [5.41, 5.74) is 5.25. The Morgan fingerprint density at radius 1 is 1.13 bits per heavy atom. The summed E-state index contributed by atoms with van der Waals surface area (Å²) in [5, 5.41) is 8.02. The fraction of sp³-hybridized carbons (Fsp3) is 0.312. The zero-order valence-electron chi connectivity index (χ0n) is 22.4. The number of nitrogens with zero attached hydrogens (tertiary/aromatic N) is 2. The number of anilines is 1. The number of carbonyl (C=O) groups is 1. The number of benzene rings is 3. The van der Waals surface area contributed by atoms with E-state index in [9.17, 15) is 4.79 Å². The first-order chi connectivity index (χ1) is 18.9. The average molecular weight is 534 g/mol. The van der Waals surface area contributed by atoms with Gasteiger partial charge in [0, 0.05) is 35.4 Å². The second-order valence-corrected chi connectivity index (χ2v) is 11.4. The van der Waals surface area contributed by atoms with Crippen molar-refractivity contribution in [3.8, 4) is 5.75 Å². The number of hydrogen-bond donors (Lipinski definition) is 2. The molecule has 2 atom stereocenters. The minimum absolute atomic E-state index is 0.0820. The number of aromatic nitrogens is 1. The lowest BCUT2D eigenvalue weighted by molar-refractivity contribution is 0.0562. The standard InChI is InChI=1S/C32H33N4O2Si/c1-21-10-11-24(38-31(39)29-12-16-36(29)2)19-26(21)30(37)35-32(13-14-32)27-17-23(18-28-25(27)9-6-15-33-28)34-20-22-7-4-3-5-8-22/h3-11,15,17-19,29,31,34H,12-14,16,20H2,1-2H3,(H,35,37)/t29-,31?/m0/s1. The maximum absolute atomic E-state index is 13.7. The molecule has 3 radical (unpaired) electrons. The van der Waals surface area contributed by atoms with Crippen LogP contribution in [0.4, 0.5) is 5.69 Å². The molecule has 1 saturated heterocycles. The first-order valence-corrected chi connectivity index (χ1v) is 14.2. The summed E-state index contributed by atoms with van der Waals surface area (Å²) in [4.78, 5) is 20.6. The minimum Gasteiger partial charge on any atom is -0.493 e. The third kappa shape index (κ3) is 5.29. The first-order valence-electron chi connectivity index (χ1n) is 13.6. The van der Waals surface area contributed by atoms with Crippen molar-refractivity contribution in [1.82, 2.24) is 15.2 Å². The van der Waals surface area contributed by atoms with E-state index >= 15 is 0 Å². The lowest BCUT2D eigenvalue weighted by Crippen LogP contribution is -2.53. The minimum atomic E-state index is -0.418. The van der Waals surface area contributed by atoms with Crippen molar-refractivity contribution < 1.29 is 9.53 Å². The Morgan fingerprint density at radius 2 is 1.95 bits per heavy atom. The van der Waals surface area contributed by atoms with Crippen molar-refractivity contribution in [2.45, 2.75) is 50.0 Å². The van der Waals surface area contributed by atoms with Crippen LogP contribution in [0.2, 0.25) is 0 Å². The maximum Gasteiger partial charge on any atom is 0.252 e. The quantitative estimate of drug-likeness (QED) is 0.291. The molecule has 39 heavy (non-hydrogen) atoms. The topological polar surface area (TPSA) is 66.5 Å². The summed E-state index contributed by atoms with van der Waals surface area (Å²) < 4.78 is 6.18. The van der Waals surface area contributed by atoms with E-state index in [1.807, 2.05) is 55.6 Å². The number of likely N-dealkylation sites (N-methyl/N-ethyl adjacent to an activating group) is 1. The number of carbonyl (C=O) groups excluding carboxylic acids is 1. The molecular weight excluding hydrogens is 500 g/mol. The molecular formula is C32H33N4O2Si. The van der Waals surface area contributed by atoms with Crippen molar-refractivity contribution in [2.24, 2.45) is 0 Å². The van der Waals surface area contributed by atoms with Gasteiger partial charge < -0.3 is 20.3 Å². The molecule has 6 nitrogen and oxygen atoms in total. The molecule has 1 aliphatic heterocycles. The van der Waals surface area contributed by atoms with Gasteiger partial charge in [0.1, 0.15) is 5.75 Å². The summed E-state index contributed by atoms with van der Waals surface area (Å²) >= 11 is 0. The van der Waals surface area contributed by atoms with Crippen molar-refractivity contribution >= 4 is 32.7 Å². The third-order valence-corrected chi connectivity index (χ3v) is 8.59. The Kier molecular flexibility index (Phi) is 6.87. The highest BCUT2D eigenvalue weighted by molar-refractivity contribution is 6.11. The van der Waals surface area contributed by atoms with E-state index in [-0.39, 0.29) is 11.6 Å². The van der Waals surface area contributed by atoms with E-state index in [2.05, 4.69) is 68.1 Å². The normalized spacial score (nSPS) is 18.7. The largest absolute Gasteiger partial charge is 0.493 e. The number of fused-ring (bicyclic) bond motifs is 1. The molecule has 2 N–H and O–H groups in total. The molecule has 1 amide bonds. The van der Waals surface area contributed by atoms with Gasteiger partial charge in [-0.05, 0) is 86.8 Å². The van der Waals surface area contributed by atoms with E-state index in [0.29, 0.717) is 17.4 Å². The predicted molar refractivity (Wildman–Crippen MR) is 156 cm³/mol. The Labute approximate surface area is 233 Å². The maximum atomic E-state index is 13.7. The zero-order valence-corrected chi connectivity index (χ0v) is 23.4. The number of hydrogen-bond acceptors (Lipinski definition) is 5. The van der Waals surface area contributed by atoms with Crippen molar-refractivity contribution in [3.63, 3.8) is 0 Å². The number of nitrogens with one attached hydrogen (secondary N) is 2. The highest BCUT2D eigenvalue weighted by atomic mass is 28.1. The van der Waals surface area contributed by atoms with Gasteiger partial charge in [0.05, 0.1) is 27.0 Å². The van der Waals surface area contributed by atoms with Crippen LogP contribution in [-0.2, 0) is 12.1 Å². The second kappa shape index (κ2) is 10.5. The zero-order chi connectivity index (χ0) is 27.0. The Balaban J connectivity index is 1.25. The van der Waals surface area contributed by atoms with Gasteiger partial charge in [-0.2, -0.15) is 0 Å². The van der Waals surface area contributed by atoms with Crippen LogP contribution < -0.4 is 15.4 Å². The smallest absolute Gasteiger partial charge is 0.252 e. The Bertz CT molecular complexity index is 1510. The summed E-state index contributed by atoms with van der Waals surface area (Å²) in [7, 11) is 5.84. The van der Waals surface area contributed by atoms with Gasteiger partial charge in [-0.1, -0.05) is 42.5 Å². The lowest BCUT2D eigenvalue weighted by atomic mass is 9.97. The van der Waals surface area contributed by atoms with E-state index in [1.165, 1.54) is 5.56 Å². The molecule has 7 heteroatoms. The molecule has 2 aliphatic rings. The SMILES string of the molecule is Cc1ccc(OC([Si])[C@@H]2CCN2C)cc1C(=O)NC1(c2cc(NCc3ccccc3)cc3ncccc23)CC1. The number of likely N-dealkylation sites (tertiary alicyclic amines) is 1. The second-order valence-electron chi connectivity index (χ2n) is 10.8. The van der Waals surface area contributed by atoms with Gasteiger partial charge in [-0.25, -0.2) is 0 Å². The predicted octanol–water partition coefficient (Wildman–Crippen LogP) is 5.15. The number of pyridine rings is 1. The molecule has 6 rings (SSSR count). The molecule has 0 spiro atoms. The van der Waals surface area contributed by atoms with Crippen LogP contribution in [0, 0.1) is 6.92 Å². The lowest BCUT2D eigenvalue weighted by Gasteiger charge is -2.41. The number of aryl methyl sites for hydroxylation is 1. The van der Waals surface area contributed by atoms with Crippen LogP contribution in [0.25, 0.3) is 10.9 Å². The fourth-order valence-electron chi connectivity index (χ4n) is 5.41. The Morgan fingerprint density at radius 3 is 2.67 bits per heavy atom. The van der Waals surface area contributed by atoms with Crippen molar-refractivity contribution in [1.29, 1.82) is 0 Å². The summed E-state index contributed by atoms with van der Waals surface area (Å²) in [5.74, 6) is 0.610. The van der Waals surface area contributed by atoms with Gasteiger partial charge in [0.25, 0.3) is 5.91 Å². The first kappa shape index (κ1) is 25.6. The van der Waals surface area contributed by atoms with Crippen LogP contribution in [0.5, 0.6) is 5.75 Å². The van der Waals surface area contributed by atoms with Gasteiger partial charge in [0.2, 0.25) is 0 Å². The van der Waals surface area contributed by atoms with Crippen LogP contribution in [0.3, 0.4) is 0 Å². The van der Waals surface area contributed by atoms with Gasteiger partial charge in [-0.15, -0.1) is 0 Å². The van der Waals surface area contributed by atoms with E-state index in [1.54, 1.807) is 0 Å². The number of ether oxygens (including phenoxy) is 1. The molecule has 0 bridgehead atoms. The molecule has 1 unspecified atom stereocenters. The summed E-state index contributed by atoms with van der Waals surface area (Å²) in [6.07, 6.45) is 4.68. The summed E-state index contributed by atoms with van der Waals surface area (Å²) in [6.45, 7) is 3.76. The average Bonchev–Trinajstić information content (AvgIpc) is 3.72. The molecule has 2 fully saturated rings. The number of rotatable bonds is 9. The number of amides is 1. The highest BCUT2D eigenvalue weighted by Crippen LogP contribution is 2.49. The van der Waals surface area contributed by atoms with E-state index < -0.39 is 5.54 Å². The van der Waals surface area contributed by atoms with Gasteiger partial charge >= 0.3 is 0 Å². The van der Waals surface area contributed by atoms with Gasteiger partial charge in [-0.3, -0.25) is 9.78 Å². The molecule has 2 heterocycles. The van der Waals surface area contributed by atoms with Crippen LogP contribution in [0.1, 0.15) is 46.3 Å². The van der Waals surface area contributed by atoms with Crippen LogP contribution >= 0.6 is 0 Å². The molecule has 197 valence electrons. The van der Waals surface area contributed by atoms with Crippen LogP contribution in [-0.4, -0.2) is 51.4 Å². The fourth-order valence-corrected chi connectivity index (χ4v) is 5.97. The molecule has 3 aromatic carbocycles. The molecule has 1 aromatic heterocycles. The van der Waals surface area contributed by atoms with E-state index in [4.69, 9.17) is 4.74 Å². The van der Waals surface area contributed by atoms with Crippen molar-refractivity contribution in [2.75, 3.05) is 18.9 Å². The molecule has 1 saturated carbocycles. The van der Waals surface area contributed by atoms with Crippen LogP contribution in [0.15, 0.2) is 79.0 Å². The summed E-state index contributed by atoms with van der Waals surface area (Å²) in [6, 6.07) is 24.7. The highest BCUT2D eigenvalue weighted by Gasteiger charge is 2.47. The van der Waals surface area contributed by atoms with Crippen molar-refractivity contribution in [3.05, 3.63) is 101 Å². The third-order valence-electron chi connectivity index (χ3n) is 8.09. The Hall–Kier alpha value is -3.68. The van der Waals surface area contributed by atoms with Gasteiger partial charge in [0.15, 0.2) is 0 Å². The monoisotopic (exact) mass is 533 g/mol. The van der Waals surface area contributed by atoms with E-state index in [0.717, 1.165) is 60.1 Å².